The molecule has 0 fully saturated rings. The van der Waals surface area contributed by atoms with Crippen LogP contribution in [0.4, 0.5) is 0 Å². The molecule has 2 heterocycles. The maximum atomic E-state index is 12.6. The monoisotopic (exact) mass is 417 g/mol. The van der Waals surface area contributed by atoms with Gasteiger partial charge in [-0.15, -0.1) is 0 Å². The zero-order valence-electron chi connectivity index (χ0n) is 15.1. The number of fused-ring (bicyclic) bond motifs is 1. The van der Waals surface area contributed by atoms with E-state index in [1.54, 1.807) is 7.05 Å². The number of aryl methyl sites for hydroxylation is 3. The van der Waals surface area contributed by atoms with Gasteiger partial charge in [0.05, 0.1) is 6.04 Å². The smallest absolute Gasteiger partial charge is 0.266 e. The molecule has 0 spiro atoms. The summed E-state index contributed by atoms with van der Waals surface area (Å²) in [4.78, 5) is 29.3. The first-order valence-electron chi connectivity index (χ1n) is 8.22. The van der Waals surface area contributed by atoms with Crippen molar-refractivity contribution >= 4 is 32.9 Å². The lowest BCUT2D eigenvalue weighted by Gasteiger charge is -2.17. The molecule has 2 aromatic heterocycles. The molecule has 1 N–H and O–H groups in total. The van der Waals surface area contributed by atoms with E-state index in [1.807, 2.05) is 32.9 Å². The number of benzene rings is 1. The molecule has 1 amide bonds. The van der Waals surface area contributed by atoms with Gasteiger partial charge in [-0.05, 0) is 47.8 Å². The van der Waals surface area contributed by atoms with E-state index in [2.05, 4.69) is 37.4 Å². The Hall–Kier alpha value is -2.48. The summed E-state index contributed by atoms with van der Waals surface area (Å²) < 4.78 is 3.24. The normalized spacial score (nSPS) is 12.3. The van der Waals surface area contributed by atoms with Gasteiger partial charge in [0, 0.05) is 7.05 Å². The van der Waals surface area contributed by atoms with Crippen molar-refractivity contribution in [1.29, 1.82) is 0 Å². The van der Waals surface area contributed by atoms with Crippen LogP contribution >= 0.6 is 15.9 Å². The van der Waals surface area contributed by atoms with E-state index in [9.17, 15) is 9.59 Å². The summed E-state index contributed by atoms with van der Waals surface area (Å²) in [6.07, 6.45) is 1.38. The molecular formula is C18H20BrN5O2. The Morgan fingerprint density at radius 2 is 2.08 bits per heavy atom. The van der Waals surface area contributed by atoms with E-state index in [-0.39, 0.29) is 24.1 Å². The van der Waals surface area contributed by atoms with Crippen molar-refractivity contribution in [1.82, 2.24) is 24.6 Å². The average molecular weight is 418 g/mol. The Morgan fingerprint density at radius 1 is 1.35 bits per heavy atom. The van der Waals surface area contributed by atoms with Gasteiger partial charge in [-0.25, -0.2) is 9.67 Å². The molecule has 0 aliphatic heterocycles. The van der Waals surface area contributed by atoms with Crippen molar-refractivity contribution in [3.05, 3.63) is 56.2 Å². The molecule has 0 saturated carbocycles. The van der Waals surface area contributed by atoms with Gasteiger partial charge in [-0.3, -0.25) is 14.2 Å². The molecule has 3 rings (SSSR count). The lowest BCUT2D eigenvalue weighted by molar-refractivity contribution is -0.122. The quantitative estimate of drug-likeness (QED) is 0.706. The van der Waals surface area contributed by atoms with Crippen LogP contribution in [0.5, 0.6) is 0 Å². The number of hydrogen-bond acceptors (Lipinski definition) is 4. The van der Waals surface area contributed by atoms with Crippen LogP contribution in [-0.4, -0.2) is 25.2 Å². The summed E-state index contributed by atoms with van der Waals surface area (Å²) in [7, 11) is 1.71. The summed E-state index contributed by atoms with van der Waals surface area (Å²) in [6, 6.07) is 5.99. The third-order valence-electron chi connectivity index (χ3n) is 4.36. The number of amides is 1. The number of rotatable bonds is 4. The lowest BCUT2D eigenvalue weighted by Crippen LogP contribution is -2.34. The minimum absolute atomic E-state index is 0.0989. The molecule has 1 unspecified atom stereocenters. The van der Waals surface area contributed by atoms with Crippen LogP contribution in [0.2, 0.25) is 0 Å². The molecule has 26 heavy (non-hydrogen) atoms. The number of carbonyl (C=O) groups is 1. The predicted molar refractivity (Wildman–Crippen MR) is 103 cm³/mol. The highest BCUT2D eigenvalue weighted by Crippen LogP contribution is 2.19. The first-order chi connectivity index (χ1) is 12.3. The van der Waals surface area contributed by atoms with Gasteiger partial charge in [0.15, 0.2) is 5.65 Å². The minimum atomic E-state index is -0.301. The Morgan fingerprint density at radius 3 is 2.81 bits per heavy atom. The number of hydrogen-bond donors (Lipinski definition) is 1. The molecule has 1 atom stereocenters. The lowest BCUT2D eigenvalue weighted by atomic mass is 10.00. The van der Waals surface area contributed by atoms with Gasteiger partial charge in [-0.2, -0.15) is 5.10 Å². The van der Waals surface area contributed by atoms with Crippen LogP contribution < -0.4 is 10.9 Å². The summed E-state index contributed by atoms with van der Waals surface area (Å²) in [6.45, 7) is 5.86. The highest BCUT2D eigenvalue weighted by molar-refractivity contribution is 9.10. The Kier molecular flexibility index (Phi) is 4.95. The van der Waals surface area contributed by atoms with Crippen LogP contribution in [0, 0.1) is 13.8 Å². The zero-order valence-corrected chi connectivity index (χ0v) is 16.7. The molecule has 3 aromatic rings. The van der Waals surface area contributed by atoms with Crippen molar-refractivity contribution in [2.75, 3.05) is 0 Å². The van der Waals surface area contributed by atoms with Crippen LogP contribution in [0.1, 0.15) is 29.7 Å². The first-order valence-corrected chi connectivity index (χ1v) is 9.01. The molecule has 0 bridgehead atoms. The van der Waals surface area contributed by atoms with Crippen molar-refractivity contribution in [2.45, 2.75) is 33.4 Å². The maximum absolute atomic E-state index is 12.6. The third-order valence-corrected chi connectivity index (χ3v) is 4.92. The molecule has 0 aliphatic carbocycles. The van der Waals surface area contributed by atoms with Gasteiger partial charge in [-0.1, -0.05) is 23.8 Å². The van der Waals surface area contributed by atoms with E-state index < -0.39 is 0 Å². The minimum Gasteiger partial charge on any atom is -0.348 e. The summed E-state index contributed by atoms with van der Waals surface area (Å²) in [5.74, 6) is -0.248. The van der Waals surface area contributed by atoms with E-state index in [4.69, 9.17) is 0 Å². The molecule has 8 heteroatoms. The average Bonchev–Trinajstić information content (AvgIpc) is 2.87. The maximum Gasteiger partial charge on any atom is 0.266 e. The van der Waals surface area contributed by atoms with Crippen molar-refractivity contribution in [2.24, 2.45) is 7.05 Å². The number of aromatic nitrogens is 4. The molecule has 0 saturated heterocycles. The molecule has 7 nitrogen and oxygen atoms in total. The van der Waals surface area contributed by atoms with Crippen LogP contribution in [0.3, 0.4) is 0 Å². The second kappa shape index (κ2) is 7.03. The van der Waals surface area contributed by atoms with Gasteiger partial charge in [0.2, 0.25) is 5.91 Å². The second-order valence-electron chi connectivity index (χ2n) is 6.44. The van der Waals surface area contributed by atoms with E-state index in [0.29, 0.717) is 15.6 Å². The number of halogens is 1. The highest BCUT2D eigenvalue weighted by atomic mass is 79.9. The van der Waals surface area contributed by atoms with Crippen LogP contribution in [0.15, 0.2) is 33.9 Å². The molecule has 0 aliphatic rings. The zero-order chi connectivity index (χ0) is 19.0. The van der Waals surface area contributed by atoms with Gasteiger partial charge in [0.1, 0.15) is 22.9 Å². The number of carbonyl (C=O) groups excluding carboxylic acids is 1. The summed E-state index contributed by atoms with van der Waals surface area (Å²) in [5, 5.41) is 7.45. The van der Waals surface area contributed by atoms with Gasteiger partial charge in [0.25, 0.3) is 5.56 Å². The SMILES string of the molecule is Cc1ccc(C)c(C(C)NC(=O)Cn2cnc3c(c(Br)nn3C)c2=O)c1. The van der Waals surface area contributed by atoms with Gasteiger partial charge >= 0.3 is 0 Å². The van der Waals surface area contributed by atoms with Crippen molar-refractivity contribution < 1.29 is 4.79 Å². The number of nitrogens with zero attached hydrogens (tertiary/aromatic N) is 4. The summed E-state index contributed by atoms with van der Waals surface area (Å²) in [5.41, 5.74) is 3.49. The fourth-order valence-electron chi connectivity index (χ4n) is 2.99. The first kappa shape index (κ1) is 18.3. The largest absolute Gasteiger partial charge is 0.348 e. The summed E-state index contributed by atoms with van der Waals surface area (Å²) >= 11 is 3.27. The Labute approximate surface area is 159 Å². The van der Waals surface area contributed by atoms with E-state index in [1.165, 1.54) is 15.6 Å². The fourth-order valence-corrected chi connectivity index (χ4v) is 3.58. The number of nitrogens with one attached hydrogen (secondary N) is 1. The highest BCUT2D eigenvalue weighted by Gasteiger charge is 2.16. The van der Waals surface area contributed by atoms with Crippen molar-refractivity contribution in [3.8, 4) is 0 Å². The Bertz CT molecular complexity index is 1050. The molecular weight excluding hydrogens is 398 g/mol. The molecule has 1 aromatic carbocycles. The van der Waals surface area contributed by atoms with E-state index >= 15 is 0 Å². The Balaban J connectivity index is 1.81. The van der Waals surface area contributed by atoms with Crippen LogP contribution in [-0.2, 0) is 18.4 Å². The van der Waals surface area contributed by atoms with E-state index in [0.717, 1.165) is 16.7 Å². The molecule has 136 valence electrons. The fraction of sp³-hybridized carbons (Fsp3) is 0.333. The van der Waals surface area contributed by atoms with Crippen LogP contribution in [0.25, 0.3) is 11.0 Å². The third kappa shape index (κ3) is 3.41. The standard InChI is InChI=1S/C18H20BrN5O2/c1-10-5-6-11(2)13(7-10)12(3)21-14(25)8-24-9-20-17-15(18(24)26)16(19)22-23(17)4/h5-7,9,12H,8H2,1-4H3,(H,21,25). The van der Waals surface area contributed by atoms with Crippen molar-refractivity contribution in [3.63, 3.8) is 0 Å². The van der Waals surface area contributed by atoms with Gasteiger partial charge < -0.3 is 5.32 Å². The topological polar surface area (TPSA) is 81.8 Å². The second-order valence-corrected chi connectivity index (χ2v) is 7.19. The molecule has 0 radical (unpaired) electrons. The predicted octanol–water partition coefficient (Wildman–Crippen LogP) is 2.39.